The molecule has 0 aromatic heterocycles. The molecule has 0 saturated carbocycles. The second-order valence-corrected chi connectivity index (χ2v) is 9.82. The van der Waals surface area contributed by atoms with Gasteiger partial charge < -0.3 is 53.1 Å². The first kappa shape index (κ1) is 37.7. The molecule has 0 aliphatic carbocycles. The third-order valence-electron chi connectivity index (χ3n) is 6.13. The number of aldehydes is 1. The number of rotatable bonds is 24. The number of carbonyl (C=O) groups is 7. The van der Waals surface area contributed by atoms with E-state index in [4.69, 9.17) is 22.0 Å². The first-order chi connectivity index (χ1) is 19.7. The van der Waals surface area contributed by atoms with Crippen molar-refractivity contribution in [1.29, 1.82) is 5.41 Å². The predicted molar refractivity (Wildman–Crippen MR) is 150 cm³/mol. The average Bonchev–Trinajstić information content (AvgIpc) is 2.90. The Morgan fingerprint density at radius 2 is 1.50 bits per heavy atom. The summed E-state index contributed by atoms with van der Waals surface area (Å²) in [5, 5.41) is 38.4. The number of carbonyl (C=O) groups excluding carboxylic acids is 5. The Kier molecular flexibility index (Phi) is 18.5. The number of guanidine groups is 1. The largest absolute Gasteiger partial charge is 0.481 e. The van der Waals surface area contributed by atoms with Gasteiger partial charge in [-0.1, -0.05) is 6.42 Å². The predicted octanol–water partition coefficient (Wildman–Crippen LogP) is -2.34. The lowest BCUT2D eigenvalue weighted by Crippen LogP contribution is -2.62. The van der Waals surface area contributed by atoms with Gasteiger partial charge in [-0.3, -0.25) is 34.2 Å². The van der Waals surface area contributed by atoms with Gasteiger partial charge in [-0.05, 0) is 38.5 Å². The van der Waals surface area contributed by atoms with Crippen LogP contribution in [-0.4, -0.2) is 95.3 Å². The van der Waals surface area contributed by atoms with E-state index in [0.717, 1.165) is 0 Å². The van der Waals surface area contributed by atoms with E-state index in [1.54, 1.807) is 0 Å². The Morgan fingerprint density at radius 3 is 2.05 bits per heavy atom. The summed E-state index contributed by atoms with van der Waals surface area (Å²) in [6.07, 6.45) is 0.857. The van der Waals surface area contributed by atoms with Crippen LogP contribution in [-0.2, 0) is 33.6 Å². The number of primary amides is 1. The lowest BCUT2D eigenvalue weighted by Gasteiger charge is -2.32. The molecular weight excluding hydrogens is 556 g/mol. The number of carboxylic acid groups (broad SMARTS) is 2. The lowest BCUT2D eigenvalue weighted by molar-refractivity contribution is -0.140. The molecule has 0 bridgehead atoms. The van der Waals surface area contributed by atoms with Crippen LogP contribution in [0.15, 0.2) is 0 Å². The molecule has 17 nitrogen and oxygen atoms in total. The second-order valence-electron chi connectivity index (χ2n) is 9.82. The van der Waals surface area contributed by atoms with E-state index >= 15 is 0 Å². The summed E-state index contributed by atoms with van der Waals surface area (Å²) in [5.74, 6) is -5.13. The maximum atomic E-state index is 13.2. The number of hydrogen-bond donors (Lipinski definition) is 10. The number of amides is 4. The normalized spacial score (nSPS) is 13.5. The van der Waals surface area contributed by atoms with Gasteiger partial charge in [0, 0.05) is 45.8 Å². The number of nitrogens with one attached hydrogen (secondary N) is 6. The highest BCUT2D eigenvalue weighted by Gasteiger charge is 2.36. The molecule has 17 heteroatoms. The Morgan fingerprint density at radius 1 is 0.857 bits per heavy atom. The fourth-order valence-electron chi connectivity index (χ4n) is 3.82. The molecule has 0 radical (unpaired) electrons. The molecule has 0 aliphatic rings. The van der Waals surface area contributed by atoms with Crippen molar-refractivity contribution >= 4 is 47.8 Å². The van der Waals surface area contributed by atoms with Gasteiger partial charge in [0.1, 0.15) is 17.9 Å². The maximum Gasteiger partial charge on any atom is 0.303 e. The molecule has 0 unspecified atom stereocenters. The van der Waals surface area contributed by atoms with Crippen molar-refractivity contribution < 1.29 is 43.8 Å². The number of nitrogens with two attached hydrogens (primary N) is 2. The third-order valence-corrected chi connectivity index (χ3v) is 6.13. The van der Waals surface area contributed by atoms with Crippen LogP contribution < -0.4 is 38.1 Å². The average molecular weight is 601 g/mol. The van der Waals surface area contributed by atoms with E-state index in [1.165, 1.54) is 6.92 Å². The molecule has 238 valence electrons. The molecule has 3 atom stereocenters. The van der Waals surface area contributed by atoms with Crippen molar-refractivity contribution in [2.75, 3.05) is 19.6 Å². The summed E-state index contributed by atoms with van der Waals surface area (Å²) in [6, 6.07) is -2.32. The van der Waals surface area contributed by atoms with Gasteiger partial charge in [-0.15, -0.1) is 0 Å². The highest BCUT2D eigenvalue weighted by molar-refractivity contribution is 5.90. The molecule has 0 fully saturated rings. The van der Waals surface area contributed by atoms with E-state index < -0.39 is 66.7 Å². The fraction of sp³-hybridized carbons (Fsp3) is 0.680. The summed E-state index contributed by atoms with van der Waals surface area (Å²) in [6.45, 7) is 1.71. The quantitative estimate of drug-likeness (QED) is 0.0241. The van der Waals surface area contributed by atoms with Crippen LogP contribution in [0.1, 0.15) is 71.1 Å². The van der Waals surface area contributed by atoms with Crippen LogP contribution >= 0.6 is 0 Å². The smallest absolute Gasteiger partial charge is 0.303 e. The van der Waals surface area contributed by atoms with Crippen LogP contribution in [0.2, 0.25) is 0 Å². The Balaban J connectivity index is 5.53. The zero-order valence-corrected chi connectivity index (χ0v) is 23.8. The van der Waals surface area contributed by atoms with Crippen molar-refractivity contribution in [3.8, 4) is 0 Å². The minimum absolute atomic E-state index is 0.0229. The first-order valence-electron chi connectivity index (χ1n) is 13.6. The molecule has 0 aromatic rings. The minimum Gasteiger partial charge on any atom is -0.481 e. The standard InChI is InChI=1S/C25H44N8O9/c1-16(35)29-12-4-2-3-7-19(36)32-18(8-9-20(37)38)23(42)33-25(15-34,11-10-21(39)40)14-31-17(22(26)41)6-5-13-30-24(27)28/h15,17-18,31H,2-14H2,1H3,(H2,26,41)(H,29,35)(H,32,36)(H,33,42)(H,37,38)(H,39,40)(H4,27,28,30)/t17-,18-,25+/m0/s1. The summed E-state index contributed by atoms with van der Waals surface area (Å²) in [5.41, 5.74) is 8.82. The van der Waals surface area contributed by atoms with Crippen molar-refractivity contribution in [1.82, 2.24) is 26.6 Å². The molecule has 0 saturated heterocycles. The number of hydrogen-bond acceptors (Lipinski definition) is 9. The highest BCUT2D eigenvalue weighted by Crippen LogP contribution is 2.13. The van der Waals surface area contributed by atoms with Crippen molar-refractivity contribution in [2.45, 2.75) is 88.8 Å². The van der Waals surface area contributed by atoms with Crippen molar-refractivity contribution in [2.24, 2.45) is 11.5 Å². The Bertz CT molecular complexity index is 962. The van der Waals surface area contributed by atoms with Gasteiger partial charge in [0.2, 0.25) is 23.6 Å². The Labute approximate surface area is 243 Å². The number of aliphatic carboxylic acids is 2. The molecular formula is C25H44N8O9. The molecule has 0 aromatic carbocycles. The van der Waals surface area contributed by atoms with Gasteiger partial charge in [-0.2, -0.15) is 0 Å². The maximum absolute atomic E-state index is 13.2. The molecule has 12 N–H and O–H groups in total. The van der Waals surface area contributed by atoms with E-state index in [0.29, 0.717) is 38.5 Å². The van der Waals surface area contributed by atoms with E-state index in [9.17, 15) is 38.7 Å². The van der Waals surface area contributed by atoms with Gasteiger partial charge >= 0.3 is 11.9 Å². The minimum atomic E-state index is -1.84. The van der Waals surface area contributed by atoms with E-state index in [-0.39, 0.29) is 44.1 Å². The summed E-state index contributed by atoms with van der Waals surface area (Å²) >= 11 is 0. The van der Waals surface area contributed by atoms with Gasteiger partial charge in [0.15, 0.2) is 5.96 Å². The van der Waals surface area contributed by atoms with Crippen LogP contribution in [0, 0.1) is 5.41 Å². The van der Waals surface area contributed by atoms with E-state index in [1.807, 2.05) is 0 Å². The SMILES string of the molecule is CC(=O)NCCCCCC(=O)N[C@@H](CCC(=O)O)C(=O)N[C@](C=O)(CCC(=O)O)CN[C@@H](CCCNC(=N)N)C(N)=O. The van der Waals surface area contributed by atoms with Crippen LogP contribution in [0.3, 0.4) is 0 Å². The zero-order chi connectivity index (χ0) is 32.1. The fourth-order valence-corrected chi connectivity index (χ4v) is 3.82. The van der Waals surface area contributed by atoms with Gasteiger partial charge in [-0.25, -0.2) is 0 Å². The van der Waals surface area contributed by atoms with E-state index in [2.05, 4.69) is 26.6 Å². The van der Waals surface area contributed by atoms with Gasteiger partial charge in [0.05, 0.1) is 6.04 Å². The molecule has 42 heavy (non-hydrogen) atoms. The van der Waals surface area contributed by atoms with Crippen molar-refractivity contribution in [3.63, 3.8) is 0 Å². The molecule has 0 heterocycles. The molecule has 0 spiro atoms. The number of unbranched alkanes of at least 4 members (excludes halogenated alkanes) is 2. The van der Waals surface area contributed by atoms with Crippen LogP contribution in [0.25, 0.3) is 0 Å². The molecule has 0 rings (SSSR count). The van der Waals surface area contributed by atoms with Gasteiger partial charge in [0.25, 0.3) is 0 Å². The number of carboxylic acids is 2. The second kappa shape index (κ2) is 20.6. The molecule has 4 amide bonds. The summed E-state index contributed by atoms with van der Waals surface area (Å²) in [7, 11) is 0. The summed E-state index contributed by atoms with van der Waals surface area (Å²) < 4.78 is 0. The summed E-state index contributed by atoms with van der Waals surface area (Å²) in [4.78, 5) is 83.3. The lowest BCUT2D eigenvalue weighted by atomic mass is 9.93. The monoisotopic (exact) mass is 600 g/mol. The zero-order valence-electron chi connectivity index (χ0n) is 23.8. The van der Waals surface area contributed by atoms with Crippen LogP contribution in [0.5, 0.6) is 0 Å². The van der Waals surface area contributed by atoms with Crippen molar-refractivity contribution in [3.05, 3.63) is 0 Å². The topological polar surface area (TPSA) is 296 Å². The molecule has 0 aliphatic heterocycles. The third kappa shape index (κ3) is 18.1. The highest BCUT2D eigenvalue weighted by atomic mass is 16.4. The Hall–Kier alpha value is -4.28. The van der Waals surface area contributed by atoms with Crippen LogP contribution in [0.4, 0.5) is 0 Å². The first-order valence-corrected chi connectivity index (χ1v) is 13.6.